The fourth-order valence-corrected chi connectivity index (χ4v) is 11.1. The Balaban J connectivity index is 1.21. The number of anilines is 1. The van der Waals surface area contributed by atoms with Crippen LogP contribution >= 0.6 is 11.6 Å². The number of halogens is 1. The molecule has 2 bridgehead atoms. The highest BCUT2D eigenvalue weighted by molar-refractivity contribution is 7.90. The molecule has 2 saturated heterocycles. The quantitative estimate of drug-likeness (QED) is 0.401. The van der Waals surface area contributed by atoms with Crippen molar-refractivity contribution >= 4 is 33.2 Å². The molecule has 1 N–H and O–H groups in total. The van der Waals surface area contributed by atoms with Gasteiger partial charge in [-0.15, -0.1) is 0 Å². The first kappa shape index (κ1) is 34.5. The smallest absolute Gasteiger partial charge is 0.264 e. The molecule has 6 aliphatic rings. The summed E-state index contributed by atoms with van der Waals surface area (Å²) in [6.45, 7) is 8.97. The van der Waals surface area contributed by atoms with E-state index in [1.807, 2.05) is 32.2 Å². The minimum absolute atomic E-state index is 0.114. The minimum Gasteiger partial charge on any atom is -0.490 e. The molecule has 0 aromatic heterocycles. The highest BCUT2D eigenvalue weighted by atomic mass is 35.5. The second-order valence-electron chi connectivity index (χ2n) is 16.1. The number of allylic oxidation sites excluding steroid dienone is 1. The summed E-state index contributed by atoms with van der Waals surface area (Å²) in [5, 5.41) is -0.0276. The number of nitrogens with one attached hydrogen (secondary N) is 1. The molecule has 270 valence electrons. The van der Waals surface area contributed by atoms with Crippen molar-refractivity contribution in [2.45, 2.75) is 80.6 Å². The highest BCUT2D eigenvalue weighted by Crippen LogP contribution is 2.50. The van der Waals surface area contributed by atoms with Crippen molar-refractivity contribution in [2.24, 2.45) is 17.8 Å². The Morgan fingerprint density at radius 3 is 2.62 bits per heavy atom. The molecule has 2 aromatic rings. The van der Waals surface area contributed by atoms with E-state index in [0.717, 1.165) is 88.6 Å². The van der Waals surface area contributed by atoms with Crippen molar-refractivity contribution in [1.29, 1.82) is 0 Å². The molecule has 8 rings (SSSR count). The molecule has 1 saturated carbocycles. The lowest BCUT2D eigenvalue weighted by molar-refractivity contribution is -0.215. The molecule has 3 fully saturated rings. The number of hydrogen-bond donors (Lipinski definition) is 1. The fraction of sp³-hybridized carbons (Fsp3) is 0.615. The van der Waals surface area contributed by atoms with Gasteiger partial charge >= 0.3 is 0 Å². The molecule has 9 nitrogen and oxygen atoms in total. The molecule has 2 aromatic carbocycles. The summed E-state index contributed by atoms with van der Waals surface area (Å²) in [6.07, 6.45) is 11.2. The molecule has 4 aliphatic heterocycles. The number of carbonyl (C=O) groups excluding carboxylic acids is 1. The maximum Gasteiger partial charge on any atom is 0.264 e. The van der Waals surface area contributed by atoms with Gasteiger partial charge in [0.1, 0.15) is 11.4 Å². The summed E-state index contributed by atoms with van der Waals surface area (Å²) in [5.41, 5.74) is 3.02. The van der Waals surface area contributed by atoms with Crippen LogP contribution in [-0.4, -0.2) is 88.7 Å². The summed E-state index contributed by atoms with van der Waals surface area (Å²) in [7, 11) is -2.11. The summed E-state index contributed by atoms with van der Waals surface area (Å²) in [6, 6.07) is 11.6. The Labute approximate surface area is 301 Å². The molecule has 0 radical (unpaired) electrons. The van der Waals surface area contributed by atoms with Gasteiger partial charge < -0.3 is 19.1 Å². The van der Waals surface area contributed by atoms with Crippen LogP contribution in [-0.2, 0) is 31.3 Å². The molecule has 0 unspecified atom stereocenters. The lowest BCUT2D eigenvalue weighted by atomic mass is 9.63. The van der Waals surface area contributed by atoms with E-state index in [4.69, 9.17) is 25.8 Å². The molecule has 2 aliphatic carbocycles. The number of nitrogens with zero attached hydrogens (tertiary/aromatic N) is 2. The van der Waals surface area contributed by atoms with E-state index >= 15 is 0 Å². The Bertz CT molecular complexity index is 1790. The van der Waals surface area contributed by atoms with Gasteiger partial charge in [-0.25, -0.2) is 13.1 Å². The van der Waals surface area contributed by atoms with Gasteiger partial charge in [-0.05, 0) is 111 Å². The van der Waals surface area contributed by atoms with Crippen molar-refractivity contribution in [3.8, 4) is 5.75 Å². The van der Waals surface area contributed by atoms with E-state index in [-0.39, 0.29) is 22.8 Å². The standard InChI is InChI=1S/C39H50ClN3O6S/c1-26-6-4-15-39(47-3,22-43-17-16-38(43)24-48-25-38)33-11-8-30(33)20-42-21-37(14-5-7-28-18-31(40)10-12-32(28)37)23-49-35-13-9-29(19-34(35)42)36(44)41-50(45,46)27(26)2/h4,9-10,12-13,15,18-19,26-27,30,33H,5-8,11,14,16-17,20-25H2,1-3H3,(H,41,44)/b15-4+/t26-,27+,30-,33+,37-,39+/m0/s1. The zero-order valence-electron chi connectivity index (χ0n) is 29.5. The van der Waals surface area contributed by atoms with Crippen LogP contribution < -0.4 is 14.4 Å². The number of likely N-dealkylation sites (tertiary alicyclic amines) is 1. The average Bonchev–Trinajstić information content (AvgIpc) is 3.19. The Morgan fingerprint density at radius 2 is 1.92 bits per heavy atom. The van der Waals surface area contributed by atoms with Crippen molar-refractivity contribution in [1.82, 2.24) is 9.62 Å². The first-order valence-electron chi connectivity index (χ1n) is 18.4. The summed E-state index contributed by atoms with van der Waals surface area (Å²) in [5.74, 6) is 0.486. The highest BCUT2D eigenvalue weighted by Gasteiger charge is 2.56. The summed E-state index contributed by atoms with van der Waals surface area (Å²) >= 11 is 6.49. The lowest BCUT2D eigenvalue weighted by Crippen LogP contribution is -2.73. The van der Waals surface area contributed by atoms with Crippen LogP contribution in [0.25, 0.3) is 0 Å². The van der Waals surface area contributed by atoms with Crippen LogP contribution in [0, 0.1) is 17.8 Å². The molecule has 6 atom stereocenters. The zero-order valence-corrected chi connectivity index (χ0v) is 31.0. The SMILES string of the molecule is CO[C@@]1(CN2CCC23COC3)/C=C/C[C@H](C)[C@@H](C)S(=O)(=O)NC(=O)c2ccc3c(c2)N(C[C@@H]2CC[C@H]21)C[C@@]1(CCCc2cc(Cl)ccc21)CO3. The van der Waals surface area contributed by atoms with Crippen molar-refractivity contribution in [3.05, 3.63) is 70.3 Å². The third-order valence-corrected chi connectivity index (χ3v) is 15.5. The van der Waals surface area contributed by atoms with E-state index in [2.05, 4.69) is 38.8 Å². The third kappa shape index (κ3) is 5.77. The lowest BCUT2D eigenvalue weighted by Gasteiger charge is -2.61. The number of benzene rings is 2. The van der Waals surface area contributed by atoms with Gasteiger partial charge in [-0.2, -0.15) is 0 Å². The number of ether oxygens (including phenoxy) is 3. The van der Waals surface area contributed by atoms with Gasteiger partial charge in [0.05, 0.1) is 36.3 Å². The molecule has 2 spiro atoms. The second-order valence-corrected chi connectivity index (χ2v) is 18.5. The van der Waals surface area contributed by atoms with Crippen LogP contribution in [0.3, 0.4) is 0 Å². The molecule has 11 heteroatoms. The third-order valence-electron chi connectivity index (χ3n) is 13.3. The van der Waals surface area contributed by atoms with Gasteiger partial charge in [-0.3, -0.25) is 9.69 Å². The second kappa shape index (κ2) is 12.8. The minimum atomic E-state index is -3.95. The number of rotatable bonds is 3. The number of methoxy groups -OCH3 is 1. The molecular formula is C39H50ClN3O6S. The number of sulfonamides is 1. The van der Waals surface area contributed by atoms with E-state index in [1.54, 1.807) is 13.0 Å². The van der Waals surface area contributed by atoms with E-state index in [9.17, 15) is 13.2 Å². The van der Waals surface area contributed by atoms with Gasteiger partial charge in [0, 0.05) is 49.3 Å². The normalized spacial score (nSPS) is 35.3. The number of hydrogen-bond acceptors (Lipinski definition) is 8. The monoisotopic (exact) mass is 723 g/mol. The van der Waals surface area contributed by atoms with E-state index in [1.165, 1.54) is 11.1 Å². The number of fused-ring (bicyclic) bond motifs is 4. The van der Waals surface area contributed by atoms with Gasteiger partial charge in [0.2, 0.25) is 10.0 Å². The van der Waals surface area contributed by atoms with Crippen LogP contribution in [0.1, 0.15) is 73.9 Å². The first-order chi connectivity index (χ1) is 24.0. The van der Waals surface area contributed by atoms with Crippen molar-refractivity contribution in [3.63, 3.8) is 0 Å². The summed E-state index contributed by atoms with van der Waals surface area (Å²) in [4.78, 5) is 18.6. The topological polar surface area (TPSA) is 97.4 Å². The molecule has 1 amide bonds. The average molecular weight is 724 g/mol. The number of aryl methyl sites for hydroxylation is 1. The zero-order chi connectivity index (χ0) is 34.9. The Hall–Kier alpha value is -2.63. The van der Waals surface area contributed by atoms with Crippen LogP contribution in [0.4, 0.5) is 5.69 Å². The fourth-order valence-electron chi connectivity index (χ4n) is 9.60. The van der Waals surface area contributed by atoms with E-state index in [0.29, 0.717) is 30.3 Å². The van der Waals surface area contributed by atoms with Crippen LogP contribution in [0.15, 0.2) is 48.6 Å². The van der Waals surface area contributed by atoms with Gasteiger partial charge in [0.15, 0.2) is 0 Å². The molecular weight excluding hydrogens is 674 g/mol. The largest absolute Gasteiger partial charge is 0.490 e. The molecule has 4 heterocycles. The van der Waals surface area contributed by atoms with Crippen LogP contribution in [0.2, 0.25) is 5.02 Å². The van der Waals surface area contributed by atoms with Crippen LogP contribution in [0.5, 0.6) is 5.75 Å². The van der Waals surface area contributed by atoms with Crippen molar-refractivity contribution in [2.75, 3.05) is 58.0 Å². The maximum atomic E-state index is 13.6. The molecule has 50 heavy (non-hydrogen) atoms. The Kier molecular flexibility index (Phi) is 8.82. The summed E-state index contributed by atoms with van der Waals surface area (Å²) < 4.78 is 48.5. The van der Waals surface area contributed by atoms with Gasteiger partial charge in [-0.1, -0.05) is 36.7 Å². The predicted molar refractivity (Wildman–Crippen MR) is 195 cm³/mol. The number of carbonyl (C=O) groups is 1. The van der Waals surface area contributed by atoms with Crippen molar-refractivity contribution < 1.29 is 27.4 Å². The Morgan fingerprint density at radius 1 is 1.08 bits per heavy atom. The number of amides is 1. The maximum absolute atomic E-state index is 13.6. The predicted octanol–water partition coefficient (Wildman–Crippen LogP) is 5.74. The van der Waals surface area contributed by atoms with E-state index < -0.39 is 26.8 Å². The first-order valence-corrected chi connectivity index (χ1v) is 20.3. The van der Waals surface area contributed by atoms with Gasteiger partial charge in [0.25, 0.3) is 5.91 Å².